The normalized spacial score (nSPS) is 24.6. The summed E-state index contributed by atoms with van der Waals surface area (Å²) in [4.78, 5) is 17.7. The molecule has 2 saturated heterocycles. The highest BCUT2D eigenvalue weighted by atomic mass is 31.1. The molecule has 0 saturated carbocycles. The fourth-order valence-electron chi connectivity index (χ4n) is 4.76. The molecule has 15 heteroatoms. The Hall–Kier alpha value is -2.38. The zero-order valence-electron chi connectivity index (χ0n) is 21.3. The van der Waals surface area contributed by atoms with Crippen LogP contribution in [0.3, 0.4) is 0 Å². The SMILES string of the molecule is C[C@H](N[P+](=O)OC[C@]1(C)CC[C@H](c2ccc3c(N)ncnn23)O1)C(=O)OCC1CCN(CC(F)(F)F)CC1. The first-order chi connectivity index (χ1) is 17.9. The molecular weight excluding hydrogens is 528 g/mol. The molecule has 0 amide bonds. The van der Waals surface area contributed by atoms with E-state index in [1.807, 2.05) is 19.1 Å². The highest BCUT2D eigenvalue weighted by Gasteiger charge is 2.41. The van der Waals surface area contributed by atoms with Crippen LogP contribution < -0.4 is 10.8 Å². The van der Waals surface area contributed by atoms with Crippen LogP contribution in [0.25, 0.3) is 5.52 Å². The van der Waals surface area contributed by atoms with Crippen LogP contribution in [0.4, 0.5) is 19.0 Å². The van der Waals surface area contributed by atoms with Gasteiger partial charge in [-0.05, 0) is 75.2 Å². The van der Waals surface area contributed by atoms with E-state index in [0.29, 0.717) is 50.1 Å². The summed E-state index contributed by atoms with van der Waals surface area (Å²) in [5.41, 5.74) is 6.74. The molecule has 2 aliphatic rings. The third kappa shape index (κ3) is 7.38. The molecule has 0 radical (unpaired) electrons. The average Bonchev–Trinajstić information content (AvgIpc) is 3.46. The molecule has 38 heavy (non-hydrogen) atoms. The number of nitrogens with two attached hydrogens (primary N) is 1. The molecule has 2 fully saturated rings. The van der Waals surface area contributed by atoms with Gasteiger partial charge in [-0.25, -0.2) is 9.50 Å². The van der Waals surface area contributed by atoms with Crippen molar-refractivity contribution in [2.45, 2.75) is 63.5 Å². The number of nitrogens with one attached hydrogen (secondary N) is 1. The number of anilines is 1. The van der Waals surface area contributed by atoms with Gasteiger partial charge in [-0.1, -0.05) is 5.09 Å². The minimum atomic E-state index is -4.22. The van der Waals surface area contributed by atoms with Gasteiger partial charge in [-0.3, -0.25) is 9.69 Å². The smallest absolute Gasteiger partial charge is 0.464 e. The van der Waals surface area contributed by atoms with Crippen LogP contribution in [0.15, 0.2) is 18.5 Å². The number of halogens is 3. The Bertz CT molecular complexity index is 1140. The number of ether oxygens (including phenoxy) is 2. The molecule has 4 rings (SSSR count). The summed E-state index contributed by atoms with van der Waals surface area (Å²) in [5, 5.41) is 6.85. The van der Waals surface area contributed by atoms with Crippen LogP contribution >= 0.6 is 8.18 Å². The predicted octanol–water partition coefficient (Wildman–Crippen LogP) is 3.39. The van der Waals surface area contributed by atoms with E-state index < -0.39 is 38.5 Å². The third-order valence-electron chi connectivity index (χ3n) is 6.91. The zero-order valence-corrected chi connectivity index (χ0v) is 22.2. The molecule has 4 atom stereocenters. The van der Waals surface area contributed by atoms with Crippen molar-refractivity contribution in [3.8, 4) is 0 Å². The maximum Gasteiger partial charge on any atom is 0.613 e. The van der Waals surface area contributed by atoms with Gasteiger partial charge in [0.1, 0.15) is 30.6 Å². The maximum atomic E-state index is 12.5. The van der Waals surface area contributed by atoms with Crippen molar-refractivity contribution >= 4 is 25.5 Å². The third-order valence-corrected chi connectivity index (χ3v) is 7.88. The molecule has 0 spiro atoms. The predicted molar refractivity (Wildman–Crippen MR) is 131 cm³/mol. The van der Waals surface area contributed by atoms with Gasteiger partial charge in [0.25, 0.3) is 0 Å². The fourth-order valence-corrected chi connectivity index (χ4v) is 5.65. The van der Waals surface area contributed by atoms with Crippen molar-refractivity contribution in [1.29, 1.82) is 0 Å². The first kappa shape index (κ1) is 28.6. The van der Waals surface area contributed by atoms with Gasteiger partial charge >= 0.3 is 20.3 Å². The van der Waals surface area contributed by atoms with E-state index in [0.717, 1.165) is 5.69 Å². The molecule has 210 valence electrons. The van der Waals surface area contributed by atoms with E-state index >= 15 is 0 Å². The largest absolute Gasteiger partial charge is 0.613 e. The number of nitrogens with zero attached hydrogens (tertiary/aromatic N) is 4. The average molecular weight is 562 g/mol. The molecule has 11 nitrogen and oxygen atoms in total. The Kier molecular flexibility index (Phi) is 8.88. The number of likely N-dealkylation sites (tertiary alicyclic amines) is 1. The van der Waals surface area contributed by atoms with Gasteiger partial charge in [0.15, 0.2) is 5.82 Å². The van der Waals surface area contributed by atoms with Crippen molar-refractivity contribution in [3.05, 3.63) is 24.2 Å². The molecule has 2 aromatic rings. The van der Waals surface area contributed by atoms with Gasteiger partial charge in [0.05, 0.1) is 24.4 Å². The molecule has 1 unspecified atom stereocenters. The summed E-state index contributed by atoms with van der Waals surface area (Å²) < 4.78 is 68.7. The minimum absolute atomic E-state index is 0.00586. The Morgan fingerprint density at radius 1 is 1.34 bits per heavy atom. The van der Waals surface area contributed by atoms with Gasteiger partial charge in [-0.15, -0.1) is 4.52 Å². The summed E-state index contributed by atoms with van der Waals surface area (Å²) in [6.45, 7) is 3.22. The lowest BCUT2D eigenvalue weighted by atomic mass is 9.98. The molecule has 4 heterocycles. The van der Waals surface area contributed by atoms with Crippen LogP contribution in [-0.2, 0) is 23.4 Å². The Balaban J connectivity index is 1.17. The quantitative estimate of drug-likeness (QED) is 0.329. The summed E-state index contributed by atoms with van der Waals surface area (Å²) in [6.07, 6.45) is -0.688. The number of fused-ring (bicyclic) bond motifs is 1. The zero-order chi connectivity index (χ0) is 27.5. The highest BCUT2D eigenvalue weighted by Crippen LogP contribution is 2.41. The standard InChI is InChI=1S/C23H33F3N6O5P/c1-15(21(33)35-11-16-6-9-31(10-7-16)12-23(24,25)26)30-38(34)36-13-22(2)8-5-19(37-22)17-3-4-18-20(27)28-14-29-32(17)18/h3-4,14-16,19H,5-13H2,1-2H3,(H,30,34)(H2,27,28,29)/q+1/t15-,19+,22-/m0/s1. The first-order valence-electron chi connectivity index (χ1n) is 12.5. The van der Waals surface area contributed by atoms with Crippen LogP contribution in [0.5, 0.6) is 0 Å². The molecule has 2 aromatic heterocycles. The lowest BCUT2D eigenvalue weighted by Gasteiger charge is -2.32. The number of hydrogen-bond acceptors (Lipinski definition) is 9. The number of aromatic nitrogens is 3. The topological polar surface area (TPSA) is 133 Å². The lowest BCUT2D eigenvalue weighted by Crippen LogP contribution is -2.41. The number of alkyl halides is 3. The van der Waals surface area contributed by atoms with Gasteiger partial charge < -0.3 is 15.2 Å². The second kappa shape index (κ2) is 11.8. The molecular formula is C23H33F3N6O5P+. The lowest BCUT2D eigenvalue weighted by molar-refractivity contribution is -0.151. The van der Waals surface area contributed by atoms with Crippen molar-refractivity contribution in [2.24, 2.45) is 5.92 Å². The van der Waals surface area contributed by atoms with Crippen molar-refractivity contribution in [1.82, 2.24) is 24.6 Å². The Labute approximate surface area is 219 Å². The molecule has 0 bridgehead atoms. The number of esters is 1. The maximum absolute atomic E-state index is 12.5. The van der Waals surface area contributed by atoms with Crippen molar-refractivity contribution < 1.29 is 36.5 Å². The van der Waals surface area contributed by atoms with Crippen LogP contribution in [0.2, 0.25) is 0 Å². The second-order valence-corrected chi connectivity index (χ2v) is 11.2. The van der Waals surface area contributed by atoms with E-state index in [2.05, 4.69) is 15.2 Å². The van der Waals surface area contributed by atoms with E-state index in [9.17, 15) is 22.5 Å². The van der Waals surface area contributed by atoms with Gasteiger partial charge in [-0.2, -0.15) is 18.3 Å². The van der Waals surface area contributed by atoms with Crippen molar-refractivity contribution in [2.75, 3.05) is 38.6 Å². The van der Waals surface area contributed by atoms with E-state index in [1.165, 1.54) is 18.2 Å². The summed E-state index contributed by atoms with van der Waals surface area (Å²) in [7, 11) is -2.37. The Morgan fingerprint density at radius 3 is 2.79 bits per heavy atom. The fraction of sp³-hybridized carbons (Fsp3) is 0.696. The Morgan fingerprint density at radius 2 is 2.08 bits per heavy atom. The number of rotatable bonds is 10. The molecule has 2 aliphatic heterocycles. The summed E-state index contributed by atoms with van der Waals surface area (Å²) in [5.74, 6) is -0.231. The number of hydrogen-bond donors (Lipinski definition) is 2. The van der Waals surface area contributed by atoms with Crippen molar-refractivity contribution in [3.63, 3.8) is 0 Å². The number of carbonyl (C=O) groups is 1. The minimum Gasteiger partial charge on any atom is -0.464 e. The van der Waals surface area contributed by atoms with Gasteiger partial charge in [0, 0.05) is 0 Å². The highest BCUT2D eigenvalue weighted by molar-refractivity contribution is 7.36. The number of piperidine rings is 1. The van der Waals surface area contributed by atoms with E-state index in [4.69, 9.17) is 19.7 Å². The number of carbonyl (C=O) groups excluding carboxylic acids is 1. The molecule has 0 aliphatic carbocycles. The van der Waals surface area contributed by atoms with E-state index in [-0.39, 0.29) is 25.2 Å². The number of nitrogen functional groups attached to an aromatic ring is 1. The summed E-state index contributed by atoms with van der Waals surface area (Å²) in [6, 6.07) is 2.84. The van der Waals surface area contributed by atoms with Gasteiger partial charge in [0.2, 0.25) is 0 Å². The molecule has 3 N–H and O–H groups in total. The van der Waals surface area contributed by atoms with Crippen LogP contribution in [-0.4, -0.2) is 76.1 Å². The summed E-state index contributed by atoms with van der Waals surface area (Å²) >= 11 is 0. The monoisotopic (exact) mass is 561 g/mol. The van der Waals surface area contributed by atoms with E-state index in [1.54, 1.807) is 4.52 Å². The van der Waals surface area contributed by atoms with Crippen LogP contribution in [0.1, 0.15) is 51.3 Å². The second-order valence-electron chi connectivity index (χ2n) is 10.1. The first-order valence-corrected chi connectivity index (χ1v) is 13.7. The van der Waals surface area contributed by atoms with Crippen LogP contribution in [0, 0.1) is 5.92 Å². The molecule has 0 aromatic carbocycles.